The number of amides is 1. The van der Waals surface area contributed by atoms with Crippen molar-refractivity contribution in [3.05, 3.63) is 0 Å². The Balaban J connectivity index is 2.06. The highest BCUT2D eigenvalue weighted by Crippen LogP contribution is 2.23. The highest BCUT2D eigenvalue weighted by atomic mass is 16.1. The molecule has 0 spiro atoms. The van der Waals surface area contributed by atoms with Crippen molar-refractivity contribution < 1.29 is 4.79 Å². The van der Waals surface area contributed by atoms with Crippen LogP contribution in [-0.2, 0) is 4.79 Å². The lowest BCUT2D eigenvalue weighted by atomic mass is 10.1. The highest BCUT2D eigenvalue weighted by Gasteiger charge is 2.14. The molecule has 1 fully saturated rings. The summed E-state index contributed by atoms with van der Waals surface area (Å²) in [4.78, 5) is 10.7. The predicted molar refractivity (Wildman–Crippen MR) is 42.9 cm³/mol. The Bertz CT molecular complexity index is 130. The maximum absolute atomic E-state index is 10.7. The molecule has 1 radical (unpaired) electrons. The summed E-state index contributed by atoms with van der Waals surface area (Å²) in [5.74, 6) is 0.544. The molecule has 1 rings (SSSR count). The molecule has 0 aromatic rings. The average molecular weight is 155 g/mol. The van der Waals surface area contributed by atoms with Crippen LogP contribution >= 0.6 is 0 Å². The van der Waals surface area contributed by atoms with Crippen LogP contribution in [0.5, 0.6) is 0 Å². The molecule has 0 saturated heterocycles. The molecule has 0 aromatic carbocycles. The Morgan fingerprint density at radius 1 is 1.45 bits per heavy atom. The molecule has 3 heteroatoms. The molecule has 63 valence electrons. The van der Waals surface area contributed by atoms with Gasteiger partial charge in [0.05, 0.1) is 6.54 Å². The van der Waals surface area contributed by atoms with Crippen LogP contribution in [0.25, 0.3) is 0 Å². The van der Waals surface area contributed by atoms with Crippen molar-refractivity contribution in [1.82, 2.24) is 11.1 Å². The number of rotatable bonds is 3. The van der Waals surface area contributed by atoms with E-state index in [1.165, 1.54) is 25.7 Å². The van der Waals surface area contributed by atoms with Gasteiger partial charge >= 0.3 is 0 Å². The van der Waals surface area contributed by atoms with Gasteiger partial charge in [-0.05, 0) is 18.8 Å². The zero-order valence-corrected chi connectivity index (χ0v) is 6.73. The van der Waals surface area contributed by atoms with E-state index in [0.717, 1.165) is 6.54 Å². The smallest absolute Gasteiger partial charge is 0.235 e. The lowest BCUT2D eigenvalue weighted by Gasteiger charge is -2.08. The standard InChI is InChI=1S/C8H15N2O/c9-5-8(11)10-6-7-3-1-2-4-7/h7,9H,1-6H2,(H,10,11). The second kappa shape index (κ2) is 4.34. The first-order chi connectivity index (χ1) is 5.33. The maximum Gasteiger partial charge on any atom is 0.235 e. The van der Waals surface area contributed by atoms with Crippen molar-refractivity contribution in [2.75, 3.05) is 13.1 Å². The number of nitrogens with one attached hydrogen (secondary N) is 2. The van der Waals surface area contributed by atoms with Crippen molar-refractivity contribution >= 4 is 5.91 Å². The summed E-state index contributed by atoms with van der Waals surface area (Å²) in [5, 5.41) is 2.75. The van der Waals surface area contributed by atoms with E-state index in [2.05, 4.69) is 5.32 Å². The van der Waals surface area contributed by atoms with Gasteiger partial charge in [-0.15, -0.1) is 0 Å². The molecular formula is C8H15N2O. The molecule has 1 aliphatic rings. The van der Waals surface area contributed by atoms with Gasteiger partial charge in [0.1, 0.15) is 0 Å². The Morgan fingerprint density at radius 2 is 2.09 bits per heavy atom. The van der Waals surface area contributed by atoms with Gasteiger partial charge in [-0.2, -0.15) is 0 Å². The van der Waals surface area contributed by atoms with Crippen LogP contribution in [0.15, 0.2) is 0 Å². The van der Waals surface area contributed by atoms with Gasteiger partial charge in [-0.25, -0.2) is 5.73 Å². The molecule has 1 amide bonds. The number of hydrogen-bond acceptors (Lipinski definition) is 1. The minimum Gasteiger partial charge on any atom is -0.355 e. The predicted octanol–water partition coefficient (Wildman–Crippen LogP) is 0.576. The average Bonchev–Trinajstić information content (AvgIpc) is 2.52. The first-order valence-corrected chi connectivity index (χ1v) is 4.24. The SMILES string of the molecule is [NH]CC(=O)NCC1CCCC1. The first-order valence-electron chi connectivity index (χ1n) is 4.24. The molecule has 0 heterocycles. The quantitative estimate of drug-likeness (QED) is 0.636. The zero-order chi connectivity index (χ0) is 8.10. The van der Waals surface area contributed by atoms with E-state index < -0.39 is 0 Å². The van der Waals surface area contributed by atoms with Gasteiger partial charge in [0, 0.05) is 6.54 Å². The molecule has 0 atom stereocenters. The summed E-state index contributed by atoms with van der Waals surface area (Å²) in [6, 6.07) is 0. The van der Waals surface area contributed by atoms with Gasteiger partial charge < -0.3 is 5.32 Å². The Morgan fingerprint density at radius 3 is 2.64 bits per heavy atom. The lowest BCUT2D eigenvalue weighted by molar-refractivity contribution is -0.120. The largest absolute Gasteiger partial charge is 0.355 e. The molecule has 0 bridgehead atoms. The fourth-order valence-electron chi connectivity index (χ4n) is 1.54. The second-order valence-corrected chi connectivity index (χ2v) is 3.13. The van der Waals surface area contributed by atoms with E-state index in [1.54, 1.807) is 0 Å². The summed E-state index contributed by atoms with van der Waals surface area (Å²) < 4.78 is 0. The molecule has 2 N–H and O–H groups in total. The summed E-state index contributed by atoms with van der Waals surface area (Å²) in [5.41, 5.74) is 6.77. The summed E-state index contributed by atoms with van der Waals surface area (Å²) >= 11 is 0. The van der Waals surface area contributed by atoms with E-state index >= 15 is 0 Å². The van der Waals surface area contributed by atoms with E-state index in [9.17, 15) is 4.79 Å². The van der Waals surface area contributed by atoms with E-state index in [-0.39, 0.29) is 12.5 Å². The lowest BCUT2D eigenvalue weighted by Crippen LogP contribution is -2.30. The Hall–Kier alpha value is -0.570. The van der Waals surface area contributed by atoms with Crippen LogP contribution in [0, 0.1) is 5.92 Å². The summed E-state index contributed by atoms with van der Waals surface area (Å²) in [6.45, 7) is 0.657. The zero-order valence-electron chi connectivity index (χ0n) is 6.73. The third kappa shape index (κ3) is 2.89. The third-order valence-corrected chi connectivity index (χ3v) is 2.22. The number of carbonyl (C=O) groups is 1. The molecule has 0 aliphatic heterocycles. The van der Waals surface area contributed by atoms with Crippen LogP contribution in [0.2, 0.25) is 0 Å². The minimum absolute atomic E-state index is 0.132. The monoisotopic (exact) mass is 155 g/mol. The van der Waals surface area contributed by atoms with Gasteiger partial charge in [0.25, 0.3) is 0 Å². The Kier molecular flexibility index (Phi) is 3.36. The van der Waals surface area contributed by atoms with E-state index in [4.69, 9.17) is 5.73 Å². The van der Waals surface area contributed by atoms with E-state index in [1.807, 2.05) is 0 Å². The maximum atomic E-state index is 10.7. The van der Waals surface area contributed by atoms with E-state index in [0.29, 0.717) is 5.92 Å². The fraction of sp³-hybridized carbons (Fsp3) is 0.875. The van der Waals surface area contributed by atoms with Gasteiger partial charge in [0.15, 0.2) is 0 Å². The Labute approximate surface area is 67.3 Å². The van der Waals surface area contributed by atoms with Crippen LogP contribution in [0.1, 0.15) is 25.7 Å². The topological polar surface area (TPSA) is 52.9 Å². The van der Waals surface area contributed by atoms with Crippen molar-refractivity contribution in [1.29, 1.82) is 0 Å². The molecule has 1 saturated carbocycles. The van der Waals surface area contributed by atoms with Gasteiger partial charge in [-0.1, -0.05) is 12.8 Å². The van der Waals surface area contributed by atoms with Crippen LogP contribution in [-0.4, -0.2) is 19.0 Å². The normalized spacial score (nSPS) is 18.6. The first kappa shape index (κ1) is 8.53. The minimum atomic E-state index is -0.142. The highest BCUT2D eigenvalue weighted by molar-refractivity contribution is 5.77. The molecule has 1 aliphatic carbocycles. The van der Waals surface area contributed by atoms with Crippen molar-refractivity contribution in [3.8, 4) is 0 Å². The van der Waals surface area contributed by atoms with Crippen molar-refractivity contribution in [2.45, 2.75) is 25.7 Å². The van der Waals surface area contributed by atoms with Gasteiger partial charge in [-0.3, -0.25) is 4.79 Å². The van der Waals surface area contributed by atoms with Crippen LogP contribution < -0.4 is 11.1 Å². The number of hydrogen-bond donors (Lipinski definition) is 1. The van der Waals surface area contributed by atoms with Crippen LogP contribution in [0.3, 0.4) is 0 Å². The molecule has 0 aromatic heterocycles. The molecular weight excluding hydrogens is 140 g/mol. The fourth-order valence-corrected chi connectivity index (χ4v) is 1.54. The third-order valence-electron chi connectivity index (χ3n) is 2.22. The molecule has 0 unspecified atom stereocenters. The summed E-state index contributed by atoms with van der Waals surface area (Å²) in [7, 11) is 0. The van der Waals surface area contributed by atoms with Crippen LogP contribution in [0.4, 0.5) is 0 Å². The van der Waals surface area contributed by atoms with Crippen molar-refractivity contribution in [2.24, 2.45) is 5.92 Å². The summed E-state index contributed by atoms with van der Waals surface area (Å²) in [6.07, 6.45) is 5.11. The van der Waals surface area contributed by atoms with Gasteiger partial charge in [0.2, 0.25) is 5.91 Å². The van der Waals surface area contributed by atoms with Crippen molar-refractivity contribution in [3.63, 3.8) is 0 Å². The molecule has 3 nitrogen and oxygen atoms in total. The molecule has 11 heavy (non-hydrogen) atoms. The second-order valence-electron chi connectivity index (χ2n) is 3.13. The number of carbonyl (C=O) groups excluding carboxylic acids is 1.